The zero-order chi connectivity index (χ0) is 25.9. The minimum atomic E-state index is -1.56. The Labute approximate surface area is 206 Å². The molecule has 4 aliphatic rings. The van der Waals surface area contributed by atoms with Crippen LogP contribution in [0.1, 0.15) is 59.8 Å². The van der Waals surface area contributed by atoms with Gasteiger partial charge in [0.25, 0.3) is 0 Å². The lowest BCUT2D eigenvalue weighted by molar-refractivity contribution is -0.299. The van der Waals surface area contributed by atoms with Crippen molar-refractivity contribution >= 4 is 5.78 Å². The average Bonchev–Trinajstić information content (AvgIpc) is 2.80. The minimum absolute atomic E-state index is 0.163. The molecular weight excluding hydrogens is 456 g/mol. The lowest BCUT2D eigenvalue weighted by Gasteiger charge is -2.61. The second kappa shape index (κ2) is 9.44. The van der Waals surface area contributed by atoms with Crippen molar-refractivity contribution in [3.8, 4) is 0 Å². The molecular formula is C26H42O9. The summed E-state index contributed by atoms with van der Waals surface area (Å²) in [6.45, 7) is 7.29. The molecule has 1 heterocycles. The fourth-order valence-electron chi connectivity index (χ4n) is 7.61. The Morgan fingerprint density at radius 1 is 1.06 bits per heavy atom. The SMILES string of the molecule is CC1(C)[C@H]2CCC3=C[C@@](C)(C(=O)CO[C@@H]4O[C@H](CO)[C@@H](O)[C@H](O)[C@H]4O)CC[C@H]3[C@]2(C)C[C@H](O)[C@@H]1O. The topological polar surface area (TPSA) is 157 Å². The highest BCUT2D eigenvalue weighted by Crippen LogP contribution is 2.63. The van der Waals surface area contributed by atoms with Crippen LogP contribution in [0, 0.1) is 28.1 Å². The smallest absolute Gasteiger partial charge is 0.187 e. The van der Waals surface area contributed by atoms with E-state index in [2.05, 4.69) is 13.0 Å². The number of Topliss-reactive ketones (excluding diaryl/α,β-unsaturated/α-hetero) is 1. The summed E-state index contributed by atoms with van der Waals surface area (Å²) in [4.78, 5) is 13.3. The number of ether oxygens (including phenoxy) is 2. The van der Waals surface area contributed by atoms with Gasteiger partial charge >= 0.3 is 0 Å². The summed E-state index contributed by atoms with van der Waals surface area (Å²) in [5.74, 6) is 0.326. The highest BCUT2D eigenvalue weighted by atomic mass is 16.7. The summed E-state index contributed by atoms with van der Waals surface area (Å²) < 4.78 is 10.9. The Morgan fingerprint density at radius 2 is 1.74 bits per heavy atom. The highest BCUT2D eigenvalue weighted by Gasteiger charge is 2.60. The maximum atomic E-state index is 13.3. The first-order valence-corrected chi connectivity index (χ1v) is 12.8. The predicted octanol–water partition coefficient (Wildman–Crippen LogP) is 0.283. The van der Waals surface area contributed by atoms with Crippen molar-refractivity contribution in [3.05, 3.63) is 11.6 Å². The van der Waals surface area contributed by atoms with Crippen LogP contribution >= 0.6 is 0 Å². The van der Waals surface area contributed by atoms with Gasteiger partial charge in [0.1, 0.15) is 31.0 Å². The molecule has 0 bridgehead atoms. The molecule has 200 valence electrons. The summed E-state index contributed by atoms with van der Waals surface area (Å²) in [6, 6.07) is 0. The van der Waals surface area contributed by atoms with E-state index < -0.39 is 60.4 Å². The molecule has 9 nitrogen and oxygen atoms in total. The molecule has 3 fully saturated rings. The van der Waals surface area contributed by atoms with Gasteiger partial charge in [-0.05, 0) is 61.7 Å². The van der Waals surface area contributed by atoms with Crippen molar-refractivity contribution < 1.29 is 44.9 Å². The first-order chi connectivity index (χ1) is 16.3. The fraction of sp³-hybridized carbons (Fsp3) is 0.885. The van der Waals surface area contributed by atoms with E-state index in [1.165, 1.54) is 5.57 Å². The maximum absolute atomic E-state index is 13.3. The number of carbonyl (C=O) groups excluding carboxylic acids is 1. The van der Waals surface area contributed by atoms with Gasteiger partial charge in [-0.15, -0.1) is 0 Å². The van der Waals surface area contributed by atoms with Gasteiger partial charge in [0.15, 0.2) is 12.1 Å². The first kappa shape index (κ1) is 27.1. The van der Waals surface area contributed by atoms with Crippen LogP contribution in [0.4, 0.5) is 0 Å². The predicted molar refractivity (Wildman–Crippen MR) is 125 cm³/mol. The molecule has 4 rings (SSSR count). The molecule has 6 N–H and O–H groups in total. The number of aliphatic hydroxyl groups is 6. The van der Waals surface area contributed by atoms with Crippen LogP contribution in [0.3, 0.4) is 0 Å². The lowest BCUT2D eigenvalue weighted by atomic mass is 9.44. The molecule has 35 heavy (non-hydrogen) atoms. The quantitative estimate of drug-likeness (QED) is 0.293. The van der Waals surface area contributed by atoms with E-state index in [9.17, 15) is 35.4 Å². The van der Waals surface area contributed by atoms with Gasteiger partial charge < -0.3 is 40.1 Å². The van der Waals surface area contributed by atoms with Crippen LogP contribution in [0.15, 0.2) is 11.6 Å². The number of aliphatic hydroxyl groups excluding tert-OH is 6. The number of rotatable bonds is 5. The van der Waals surface area contributed by atoms with Gasteiger partial charge in [-0.2, -0.15) is 0 Å². The van der Waals surface area contributed by atoms with Gasteiger partial charge in [-0.3, -0.25) is 4.79 Å². The Morgan fingerprint density at radius 3 is 2.40 bits per heavy atom. The molecule has 2 saturated carbocycles. The number of ketones is 1. The first-order valence-electron chi connectivity index (χ1n) is 12.8. The van der Waals surface area contributed by atoms with E-state index in [1.54, 1.807) is 0 Å². The van der Waals surface area contributed by atoms with E-state index in [0.717, 1.165) is 19.3 Å². The lowest BCUT2D eigenvalue weighted by Crippen LogP contribution is -2.60. The molecule has 0 aromatic heterocycles. The molecule has 0 aromatic carbocycles. The Kier molecular flexibility index (Phi) is 7.32. The number of fused-ring (bicyclic) bond motifs is 3. The summed E-state index contributed by atoms with van der Waals surface area (Å²) >= 11 is 0. The molecule has 0 radical (unpaired) electrons. The molecule has 0 spiro atoms. The average molecular weight is 499 g/mol. The van der Waals surface area contributed by atoms with Crippen molar-refractivity contribution in [1.82, 2.24) is 0 Å². The largest absolute Gasteiger partial charge is 0.394 e. The number of hydrogen-bond acceptors (Lipinski definition) is 9. The van der Waals surface area contributed by atoms with Crippen molar-refractivity contribution in [3.63, 3.8) is 0 Å². The van der Waals surface area contributed by atoms with Crippen LogP contribution in [0.25, 0.3) is 0 Å². The van der Waals surface area contributed by atoms with Gasteiger partial charge in [0, 0.05) is 5.41 Å². The third-order valence-corrected chi connectivity index (χ3v) is 9.76. The van der Waals surface area contributed by atoms with Crippen LogP contribution in [0.5, 0.6) is 0 Å². The Balaban J connectivity index is 1.47. The monoisotopic (exact) mass is 498 g/mol. The minimum Gasteiger partial charge on any atom is -0.394 e. The van der Waals surface area contributed by atoms with E-state index in [1.807, 2.05) is 20.8 Å². The second-order valence-electron chi connectivity index (χ2n) is 12.3. The summed E-state index contributed by atoms with van der Waals surface area (Å²) in [7, 11) is 0. The zero-order valence-electron chi connectivity index (χ0n) is 21.1. The molecule has 1 aliphatic heterocycles. The van der Waals surface area contributed by atoms with Crippen LogP contribution in [-0.2, 0) is 14.3 Å². The van der Waals surface area contributed by atoms with Crippen molar-refractivity contribution in [2.75, 3.05) is 13.2 Å². The van der Waals surface area contributed by atoms with Crippen molar-refractivity contribution in [1.29, 1.82) is 0 Å². The second-order valence-corrected chi connectivity index (χ2v) is 12.3. The standard InChI is InChI=1S/C26H42O9/c1-24(2)17-6-5-13-9-25(3,8-7-14(13)26(17,4)10-15(28)22(24)33)18(29)12-34-23-21(32)20(31)19(30)16(11-27)35-23/h9,14-17,19-23,27-28,30-33H,5-8,10-12H2,1-4H3/t14-,15+,16-,17-,19-,20+,21-,22+,23-,25+,26+/m1/s1. The van der Waals surface area contributed by atoms with E-state index in [0.29, 0.717) is 12.8 Å². The number of carbonyl (C=O) groups is 1. The van der Waals surface area contributed by atoms with Gasteiger partial charge in [0.05, 0.1) is 18.8 Å². The normalized spacial score (nSPS) is 49.5. The Bertz CT molecular complexity index is 841. The third-order valence-electron chi connectivity index (χ3n) is 9.76. The van der Waals surface area contributed by atoms with Crippen molar-refractivity contribution in [2.45, 2.75) is 103 Å². The zero-order valence-corrected chi connectivity index (χ0v) is 21.1. The Hall–Kier alpha value is -0.910. The maximum Gasteiger partial charge on any atom is 0.187 e. The summed E-state index contributed by atoms with van der Waals surface area (Å²) in [5, 5.41) is 60.7. The van der Waals surface area contributed by atoms with Gasteiger partial charge in [-0.1, -0.05) is 32.4 Å². The van der Waals surface area contributed by atoms with Crippen molar-refractivity contribution in [2.24, 2.45) is 28.1 Å². The summed E-state index contributed by atoms with van der Waals surface area (Å²) in [6.07, 6.45) is -2.81. The van der Waals surface area contributed by atoms with E-state index in [4.69, 9.17) is 9.47 Å². The van der Waals surface area contributed by atoms with Crippen LogP contribution < -0.4 is 0 Å². The highest BCUT2D eigenvalue weighted by molar-refractivity contribution is 5.87. The fourth-order valence-corrected chi connectivity index (χ4v) is 7.61. The molecule has 0 aromatic rings. The number of allylic oxidation sites excluding steroid dienone is 2. The van der Waals surface area contributed by atoms with Gasteiger partial charge in [-0.25, -0.2) is 0 Å². The molecule has 1 saturated heterocycles. The number of hydrogen-bond donors (Lipinski definition) is 6. The molecule has 3 aliphatic carbocycles. The summed E-state index contributed by atoms with van der Waals surface area (Å²) in [5.41, 5.74) is -0.0964. The van der Waals surface area contributed by atoms with Gasteiger partial charge in [0.2, 0.25) is 0 Å². The van der Waals surface area contributed by atoms with Crippen LogP contribution in [0.2, 0.25) is 0 Å². The van der Waals surface area contributed by atoms with E-state index in [-0.39, 0.29) is 29.6 Å². The third kappa shape index (κ3) is 4.42. The molecule has 0 amide bonds. The molecule has 9 heteroatoms. The molecule has 0 unspecified atom stereocenters. The van der Waals surface area contributed by atoms with Crippen LogP contribution in [-0.4, -0.2) is 92.5 Å². The molecule has 11 atom stereocenters. The van der Waals surface area contributed by atoms with E-state index >= 15 is 0 Å².